The molecule has 0 spiro atoms. The van der Waals surface area contributed by atoms with E-state index in [1.165, 1.54) is 0 Å². The van der Waals surface area contributed by atoms with Crippen LogP contribution in [0.4, 0.5) is 0 Å². The van der Waals surface area contributed by atoms with Gasteiger partial charge in [0.25, 0.3) is 0 Å². The third-order valence-electron chi connectivity index (χ3n) is 2.66. The molecule has 0 fully saturated rings. The van der Waals surface area contributed by atoms with E-state index in [-0.39, 0.29) is 18.7 Å². The lowest BCUT2D eigenvalue weighted by atomic mass is 9.85. The van der Waals surface area contributed by atoms with Crippen LogP contribution in [0.3, 0.4) is 0 Å². The third kappa shape index (κ3) is 4.87. The highest BCUT2D eigenvalue weighted by Gasteiger charge is 2.26. The second-order valence-electron chi connectivity index (χ2n) is 5.24. The van der Waals surface area contributed by atoms with Crippen LogP contribution >= 0.6 is 11.3 Å². The number of carboxylic acid groups (broad SMARTS) is 1. The molecule has 1 N–H and O–H groups in total. The van der Waals surface area contributed by atoms with Crippen molar-refractivity contribution in [1.29, 1.82) is 0 Å². The van der Waals surface area contributed by atoms with Crippen molar-refractivity contribution in [2.75, 3.05) is 7.05 Å². The van der Waals surface area contributed by atoms with E-state index < -0.39 is 11.4 Å². The van der Waals surface area contributed by atoms with E-state index >= 15 is 0 Å². The minimum atomic E-state index is -0.867. The van der Waals surface area contributed by atoms with Gasteiger partial charge in [0.2, 0.25) is 5.91 Å². The van der Waals surface area contributed by atoms with Gasteiger partial charge in [-0.15, -0.1) is 11.3 Å². The summed E-state index contributed by atoms with van der Waals surface area (Å²) in [6, 6.07) is 3.93. The summed E-state index contributed by atoms with van der Waals surface area (Å²) in [5.41, 5.74) is -0.507. The summed E-state index contributed by atoms with van der Waals surface area (Å²) in [6.45, 7) is 4.19. The molecule has 0 bridgehead atoms. The second kappa shape index (κ2) is 6.00. The normalized spacial score (nSPS) is 11.3. The first-order valence-electron chi connectivity index (χ1n) is 5.78. The highest BCUT2D eigenvalue weighted by Crippen LogP contribution is 2.26. The Balaban J connectivity index is 2.51. The fraction of sp³-hybridized carbons (Fsp3) is 0.538. The molecule has 1 heterocycles. The van der Waals surface area contributed by atoms with Gasteiger partial charge in [-0.1, -0.05) is 19.9 Å². The van der Waals surface area contributed by atoms with Crippen LogP contribution in [-0.2, 0) is 16.1 Å². The van der Waals surface area contributed by atoms with Crippen LogP contribution < -0.4 is 0 Å². The number of hydrogen-bond acceptors (Lipinski definition) is 3. The third-order valence-corrected chi connectivity index (χ3v) is 3.52. The van der Waals surface area contributed by atoms with Gasteiger partial charge in [-0.3, -0.25) is 9.59 Å². The van der Waals surface area contributed by atoms with Crippen LogP contribution in [0.5, 0.6) is 0 Å². The van der Waals surface area contributed by atoms with Crippen LogP contribution in [-0.4, -0.2) is 28.9 Å². The summed E-state index contributed by atoms with van der Waals surface area (Å²) in [7, 11) is 1.75. The number of hydrogen-bond donors (Lipinski definition) is 1. The van der Waals surface area contributed by atoms with Gasteiger partial charge in [-0.25, -0.2) is 0 Å². The van der Waals surface area contributed by atoms with E-state index in [0.29, 0.717) is 6.54 Å². The zero-order valence-corrected chi connectivity index (χ0v) is 11.8. The first-order valence-corrected chi connectivity index (χ1v) is 6.66. The van der Waals surface area contributed by atoms with E-state index in [1.54, 1.807) is 37.1 Å². The molecule has 0 atom stereocenters. The van der Waals surface area contributed by atoms with Crippen molar-refractivity contribution in [3.63, 3.8) is 0 Å². The Labute approximate surface area is 111 Å². The molecule has 0 unspecified atom stereocenters. The van der Waals surface area contributed by atoms with Gasteiger partial charge in [0.05, 0.1) is 13.0 Å². The Hall–Kier alpha value is -1.36. The second-order valence-corrected chi connectivity index (χ2v) is 6.27. The fourth-order valence-corrected chi connectivity index (χ4v) is 2.50. The smallest absolute Gasteiger partial charge is 0.303 e. The quantitative estimate of drug-likeness (QED) is 0.863. The maximum atomic E-state index is 12.0. The maximum absolute atomic E-state index is 12.0. The van der Waals surface area contributed by atoms with Crippen LogP contribution in [0, 0.1) is 5.41 Å². The lowest BCUT2D eigenvalue weighted by Gasteiger charge is -2.25. The molecule has 1 rings (SSSR count). The summed E-state index contributed by atoms with van der Waals surface area (Å²) in [5, 5.41) is 10.8. The molecule has 0 aliphatic rings. The minimum absolute atomic E-state index is 0.00554. The van der Waals surface area contributed by atoms with Gasteiger partial charge in [0.15, 0.2) is 0 Å². The van der Waals surface area contributed by atoms with E-state index in [2.05, 4.69) is 0 Å². The predicted molar refractivity (Wildman–Crippen MR) is 71.4 cm³/mol. The van der Waals surface area contributed by atoms with Crippen molar-refractivity contribution in [3.8, 4) is 0 Å². The molecule has 0 aliphatic heterocycles. The van der Waals surface area contributed by atoms with Crippen molar-refractivity contribution < 1.29 is 14.7 Å². The summed E-state index contributed by atoms with van der Waals surface area (Å²) in [6.07, 6.45) is 0.257. The van der Waals surface area contributed by atoms with Crippen LogP contribution in [0.25, 0.3) is 0 Å². The highest BCUT2D eigenvalue weighted by molar-refractivity contribution is 7.09. The molecule has 0 aromatic carbocycles. The van der Waals surface area contributed by atoms with E-state index in [9.17, 15) is 9.59 Å². The lowest BCUT2D eigenvalue weighted by molar-refractivity contribution is -0.140. The summed E-state index contributed by atoms with van der Waals surface area (Å²) in [4.78, 5) is 25.5. The number of carbonyl (C=O) groups is 2. The van der Waals surface area contributed by atoms with Gasteiger partial charge in [-0.2, -0.15) is 0 Å². The van der Waals surface area contributed by atoms with Gasteiger partial charge in [0.1, 0.15) is 0 Å². The lowest BCUT2D eigenvalue weighted by Crippen LogP contribution is -2.31. The Bertz CT molecular complexity index is 412. The average molecular weight is 269 g/mol. The minimum Gasteiger partial charge on any atom is -0.481 e. The van der Waals surface area contributed by atoms with E-state index in [1.807, 2.05) is 17.5 Å². The number of aliphatic carboxylic acids is 1. The average Bonchev–Trinajstić information content (AvgIpc) is 2.67. The van der Waals surface area contributed by atoms with E-state index in [4.69, 9.17) is 5.11 Å². The first kappa shape index (κ1) is 14.7. The largest absolute Gasteiger partial charge is 0.481 e. The predicted octanol–water partition coefficient (Wildman–Crippen LogP) is 2.60. The van der Waals surface area contributed by atoms with Gasteiger partial charge in [0, 0.05) is 18.3 Å². The molecular formula is C13H19NO3S. The summed E-state index contributed by atoms with van der Waals surface area (Å²) < 4.78 is 0. The molecule has 1 aromatic heterocycles. The van der Waals surface area contributed by atoms with Crippen LogP contribution in [0.2, 0.25) is 0 Å². The molecule has 4 nitrogen and oxygen atoms in total. The molecule has 5 heteroatoms. The SMILES string of the molecule is CN(Cc1cccs1)C(=O)CC(C)(C)CC(=O)O. The Morgan fingerprint density at radius 1 is 1.39 bits per heavy atom. The molecule has 0 aliphatic carbocycles. The standard InChI is InChI=1S/C13H19NO3S/c1-13(2,8-12(16)17)7-11(15)14(3)9-10-5-4-6-18-10/h4-6H,7-9H2,1-3H3,(H,16,17). The Morgan fingerprint density at radius 2 is 2.06 bits per heavy atom. The number of amides is 1. The van der Waals surface area contributed by atoms with Gasteiger partial charge < -0.3 is 10.0 Å². The number of carbonyl (C=O) groups excluding carboxylic acids is 1. The molecule has 0 saturated heterocycles. The first-order chi connectivity index (χ1) is 8.30. The zero-order chi connectivity index (χ0) is 13.8. The number of thiophene rings is 1. The topological polar surface area (TPSA) is 57.6 Å². The number of nitrogens with zero attached hydrogens (tertiary/aromatic N) is 1. The molecule has 1 amide bonds. The van der Waals surface area contributed by atoms with Crippen molar-refractivity contribution in [1.82, 2.24) is 4.90 Å². The molecular weight excluding hydrogens is 250 g/mol. The Kier molecular flexibility index (Phi) is 4.90. The summed E-state index contributed by atoms with van der Waals surface area (Å²) in [5.74, 6) is -0.886. The molecule has 0 radical (unpaired) electrons. The van der Waals surface area contributed by atoms with Crippen LogP contribution in [0.1, 0.15) is 31.6 Å². The van der Waals surface area contributed by atoms with Crippen LogP contribution in [0.15, 0.2) is 17.5 Å². The van der Waals surface area contributed by atoms with Crippen molar-refractivity contribution in [2.45, 2.75) is 33.2 Å². The maximum Gasteiger partial charge on any atom is 0.303 e. The molecule has 1 aromatic rings. The number of rotatable bonds is 6. The van der Waals surface area contributed by atoms with Crippen molar-refractivity contribution in [3.05, 3.63) is 22.4 Å². The van der Waals surface area contributed by atoms with Crippen molar-refractivity contribution in [2.24, 2.45) is 5.41 Å². The van der Waals surface area contributed by atoms with Crippen molar-refractivity contribution >= 4 is 23.2 Å². The fourth-order valence-electron chi connectivity index (χ4n) is 1.74. The Morgan fingerprint density at radius 3 is 2.56 bits per heavy atom. The van der Waals surface area contributed by atoms with Gasteiger partial charge >= 0.3 is 5.97 Å². The monoisotopic (exact) mass is 269 g/mol. The van der Waals surface area contributed by atoms with Gasteiger partial charge in [-0.05, 0) is 16.9 Å². The zero-order valence-electron chi connectivity index (χ0n) is 11.0. The molecule has 18 heavy (non-hydrogen) atoms. The summed E-state index contributed by atoms with van der Waals surface area (Å²) >= 11 is 1.61. The molecule has 0 saturated carbocycles. The van der Waals surface area contributed by atoms with E-state index in [0.717, 1.165) is 4.88 Å². The number of carboxylic acids is 1. The highest BCUT2D eigenvalue weighted by atomic mass is 32.1. The molecule has 100 valence electrons.